The minimum absolute atomic E-state index is 0.903. The quantitative estimate of drug-likeness (QED) is 0.153. The van der Waals surface area contributed by atoms with Crippen LogP contribution in [0.4, 0.5) is 17.1 Å². The molecule has 11 aromatic rings. The number of hydrogen-bond donors (Lipinski definition) is 0. The lowest BCUT2D eigenvalue weighted by Crippen LogP contribution is -2.11. The Morgan fingerprint density at radius 2 is 0.800 bits per heavy atom. The molecule has 0 fully saturated rings. The fourth-order valence-electron chi connectivity index (χ4n) is 8.80. The molecule has 0 bridgehead atoms. The first kappa shape index (κ1) is 35.2. The molecule has 11 rings (SSSR count). The van der Waals surface area contributed by atoms with Gasteiger partial charge in [-0.05, 0) is 97.7 Å². The Hall–Kier alpha value is -7.94. The van der Waals surface area contributed by atoms with Crippen LogP contribution in [0.3, 0.4) is 0 Å². The molecule has 0 N–H and O–H groups in total. The van der Waals surface area contributed by atoms with Gasteiger partial charge in [-0.3, -0.25) is 0 Å². The third-order valence-corrected chi connectivity index (χ3v) is 11.7. The normalized spacial score (nSPS) is 11.3. The summed E-state index contributed by atoms with van der Waals surface area (Å²) in [6, 6.07) is 84.8. The van der Waals surface area contributed by atoms with Gasteiger partial charge in [-0.25, -0.2) is 0 Å². The number of fused-ring (bicyclic) bond motifs is 4. The Labute approximate surface area is 349 Å². The number of benzene rings is 10. The molecule has 1 heterocycles. The lowest BCUT2D eigenvalue weighted by Gasteiger charge is -2.28. The van der Waals surface area contributed by atoms with Gasteiger partial charge in [-0.2, -0.15) is 0 Å². The van der Waals surface area contributed by atoms with E-state index in [0.29, 0.717) is 0 Å². The predicted octanol–water partition coefficient (Wildman–Crippen LogP) is 16.5. The zero-order chi connectivity index (χ0) is 39.8. The molecule has 282 valence electrons. The molecule has 0 aliphatic carbocycles. The summed E-state index contributed by atoms with van der Waals surface area (Å²) >= 11 is 0. The van der Waals surface area contributed by atoms with Gasteiger partial charge in [0, 0.05) is 33.3 Å². The number of anilines is 3. The van der Waals surface area contributed by atoms with Crippen LogP contribution in [-0.2, 0) is 0 Å². The molecule has 0 radical (unpaired) electrons. The van der Waals surface area contributed by atoms with Gasteiger partial charge in [0.05, 0.1) is 5.69 Å². The van der Waals surface area contributed by atoms with Crippen LogP contribution in [0.2, 0.25) is 0 Å². The second-order valence-corrected chi connectivity index (χ2v) is 15.2. The van der Waals surface area contributed by atoms with Crippen molar-refractivity contribution in [2.45, 2.75) is 0 Å². The van der Waals surface area contributed by atoms with E-state index in [9.17, 15) is 0 Å². The first-order valence-corrected chi connectivity index (χ1v) is 20.5. The summed E-state index contributed by atoms with van der Waals surface area (Å²) in [5.41, 5.74) is 16.8. The van der Waals surface area contributed by atoms with Crippen LogP contribution < -0.4 is 4.90 Å². The van der Waals surface area contributed by atoms with Crippen LogP contribution in [0.15, 0.2) is 241 Å². The van der Waals surface area contributed by atoms with E-state index in [1.54, 1.807) is 0 Å². The van der Waals surface area contributed by atoms with Crippen molar-refractivity contribution in [2.24, 2.45) is 0 Å². The largest absolute Gasteiger partial charge is 0.455 e. The Balaban J connectivity index is 1.01. The van der Waals surface area contributed by atoms with Gasteiger partial charge in [0.15, 0.2) is 0 Å². The number of rotatable bonds is 8. The van der Waals surface area contributed by atoms with Crippen molar-refractivity contribution in [3.63, 3.8) is 0 Å². The summed E-state index contributed by atoms with van der Waals surface area (Å²) in [7, 11) is 0. The molecule has 1 aromatic heterocycles. The topological polar surface area (TPSA) is 16.4 Å². The molecule has 10 aromatic carbocycles. The van der Waals surface area contributed by atoms with Gasteiger partial charge >= 0.3 is 0 Å². The van der Waals surface area contributed by atoms with Gasteiger partial charge < -0.3 is 9.32 Å². The van der Waals surface area contributed by atoms with E-state index in [2.05, 4.69) is 229 Å². The number of para-hydroxylation sites is 3. The summed E-state index contributed by atoms with van der Waals surface area (Å²) in [5, 5.41) is 4.76. The van der Waals surface area contributed by atoms with Gasteiger partial charge in [0.1, 0.15) is 11.2 Å². The summed E-state index contributed by atoms with van der Waals surface area (Å²) in [6.45, 7) is 0. The lowest BCUT2D eigenvalue weighted by atomic mass is 9.89. The van der Waals surface area contributed by atoms with Gasteiger partial charge in [-0.15, -0.1) is 0 Å². The molecule has 0 amide bonds. The highest BCUT2D eigenvalue weighted by molar-refractivity contribution is 6.09. The Bertz CT molecular complexity index is 3290. The van der Waals surface area contributed by atoms with E-state index in [0.717, 1.165) is 61.3 Å². The van der Waals surface area contributed by atoms with Gasteiger partial charge in [0.25, 0.3) is 0 Å². The first-order valence-electron chi connectivity index (χ1n) is 20.5. The number of furan rings is 1. The molecule has 0 unspecified atom stereocenters. The molecule has 0 saturated carbocycles. The minimum Gasteiger partial charge on any atom is -0.455 e. The average molecular weight is 766 g/mol. The molecule has 2 nitrogen and oxygen atoms in total. The molecular formula is C58H39NO. The molecule has 0 aliphatic heterocycles. The van der Waals surface area contributed by atoms with E-state index in [1.165, 1.54) is 44.2 Å². The summed E-state index contributed by atoms with van der Waals surface area (Å²) in [5.74, 6) is 0. The predicted molar refractivity (Wildman–Crippen MR) is 253 cm³/mol. The average Bonchev–Trinajstić information content (AvgIpc) is 3.72. The van der Waals surface area contributed by atoms with Crippen LogP contribution in [0.25, 0.3) is 88.3 Å². The SMILES string of the molecule is c1ccc(-c2cc(-c3ccc(N(c4ccc(-c5cccc6c5oc5ccccc56)cc4)c4ccccc4-c4ccccc4)cc3)ccc2-c2cccc3ccccc23)cc1. The fraction of sp³-hybridized carbons (Fsp3) is 0. The van der Waals surface area contributed by atoms with Crippen molar-refractivity contribution in [1.29, 1.82) is 0 Å². The van der Waals surface area contributed by atoms with Crippen LogP contribution in [-0.4, -0.2) is 0 Å². The second kappa shape index (κ2) is 15.1. The summed E-state index contributed by atoms with van der Waals surface area (Å²) in [6.07, 6.45) is 0. The van der Waals surface area contributed by atoms with Crippen molar-refractivity contribution in [1.82, 2.24) is 0 Å². The molecular weight excluding hydrogens is 727 g/mol. The van der Waals surface area contributed by atoms with Gasteiger partial charge in [-0.1, -0.05) is 194 Å². The Kier molecular flexibility index (Phi) is 8.87. The third-order valence-electron chi connectivity index (χ3n) is 11.7. The van der Waals surface area contributed by atoms with E-state index < -0.39 is 0 Å². The maximum atomic E-state index is 6.43. The molecule has 2 heteroatoms. The van der Waals surface area contributed by atoms with Crippen molar-refractivity contribution < 1.29 is 4.42 Å². The highest BCUT2D eigenvalue weighted by Gasteiger charge is 2.19. The monoisotopic (exact) mass is 765 g/mol. The van der Waals surface area contributed by atoms with E-state index in [4.69, 9.17) is 4.42 Å². The van der Waals surface area contributed by atoms with Crippen LogP contribution in [0.1, 0.15) is 0 Å². The maximum absolute atomic E-state index is 6.43. The van der Waals surface area contributed by atoms with Crippen molar-refractivity contribution in [3.05, 3.63) is 237 Å². The highest BCUT2D eigenvalue weighted by atomic mass is 16.3. The Morgan fingerprint density at radius 1 is 0.283 bits per heavy atom. The van der Waals surface area contributed by atoms with Crippen molar-refractivity contribution in [2.75, 3.05) is 4.90 Å². The van der Waals surface area contributed by atoms with E-state index in [1.807, 2.05) is 12.1 Å². The summed E-state index contributed by atoms with van der Waals surface area (Å²) in [4.78, 5) is 2.37. The van der Waals surface area contributed by atoms with Crippen LogP contribution in [0.5, 0.6) is 0 Å². The number of hydrogen-bond acceptors (Lipinski definition) is 2. The zero-order valence-corrected chi connectivity index (χ0v) is 32.9. The Morgan fingerprint density at radius 3 is 1.57 bits per heavy atom. The van der Waals surface area contributed by atoms with Crippen LogP contribution in [0, 0.1) is 0 Å². The van der Waals surface area contributed by atoms with E-state index >= 15 is 0 Å². The molecule has 0 saturated heterocycles. The zero-order valence-electron chi connectivity index (χ0n) is 32.9. The summed E-state index contributed by atoms with van der Waals surface area (Å²) < 4.78 is 6.43. The molecule has 0 atom stereocenters. The highest BCUT2D eigenvalue weighted by Crippen LogP contribution is 2.44. The van der Waals surface area contributed by atoms with E-state index in [-0.39, 0.29) is 0 Å². The maximum Gasteiger partial charge on any atom is 0.143 e. The molecule has 0 spiro atoms. The molecule has 0 aliphatic rings. The number of nitrogens with zero attached hydrogens (tertiary/aromatic N) is 1. The van der Waals surface area contributed by atoms with Crippen molar-refractivity contribution in [3.8, 4) is 55.6 Å². The third kappa shape index (κ3) is 6.32. The van der Waals surface area contributed by atoms with Crippen LogP contribution >= 0.6 is 0 Å². The smallest absolute Gasteiger partial charge is 0.143 e. The first-order chi connectivity index (χ1) is 29.8. The standard InChI is InChI=1S/C58H39NO/c1-3-15-42(16-4-1)49-22-9-11-27-56(49)59(47-36-31-44(32-37-47)50-24-14-26-54-53-23-10-12-28-57(53)60-58(50)54)46-34-29-40(30-35-46)45-33-38-52(55(39-45)43-17-5-2-6-18-43)51-25-13-20-41-19-7-8-21-48(41)51/h1-39H. The fourth-order valence-corrected chi connectivity index (χ4v) is 8.80. The molecule has 60 heavy (non-hydrogen) atoms. The lowest BCUT2D eigenvalue weighted by molar-refractivity contribution is 0.670. The van der Waals surface area contributed by atoms with Crippen molar-refractivity contribution >= 4 is 49.8 Å². The van der Waals surface area contributed by atoms with Gasteiger partial charge in [0.2, 0.25) is 0 Å². The second-order valence-electron chi connectivity index (χ2n) is 15.2. The minimum atomic E-state index is 0.903.